The highest BCUT2D eigenvalue weighted by Crippen LogP contribution is 2.11. The van der Waals surface area contributed by atoms with Gasteiger partial charge in [0.05, 0.1) is 12.4 Å². The van der Waals surface area contributed by atoms with Crippen LogP contribution in [0.1, 0.15) is 12.5 Å². The lowest BCUT2D eigenvalue weighted by Crippen LogP contribution is -2.18. The van der Waals surface area contributed by atoms with E-state index < -0.39 is 0 Å². The van der Waals surface area contributed by atoms with E-state index in [9.17, 15) is 4.91 Å². The fourth-order valence-electron chi connectivity index (χ4n) is 1.31. The Morgan fingerprint density at radius 1 is 1.33 bits per heavy atom. The molecule has 4 heteroatoms. The van der Waals surface area contributed by atoms with Crippen molar-refractivity contribution >= 4 is 0 Å². The van der Waals surface area contributed by atoms with Gasteiger partial charge in [0.15, 0.2) is 0 Å². The van der Waals surface area contributed by atoms with Gasteiger partial charge in [0.2, 0.25) is 0 Å². The zero-order chi connectivity index (χ0) is 11.1. The Morgan fingerprint density at radius 2 is 2.00 bits per heavy atom. The van der Waals surface area contributed by atoms with Crippen molar-refractivity contribution in [1.29, 1.82) is 0 Å². The van der Waals surface area contributed by atoms with E-state index in [2.05, 4.69) is 5.29 Å². The number of benzene rings is 1. The summed E-state index contributed by atoms with van der Waals surface area (Å²) in [6.07, 6.45) is 0.823. The molecule has 0 heterocycles. The summed E-state index contributed by atoms with van der Waals surface area (Å²) in [5.74, 6) is 0.847. The number of hydrogen-bond donors (Lipinski definition) is 0. The summed E-state index contributed by atoms with van der Waals surface area (Å²) in [6, 6.07) is 7.83. The summed E-state index contributed by atoms with van der Waals surface area (Å²) in [5.41, 5.74) is 1.18. The molecule has 0 aromatic heterocycles. The minimum absolute atomic E-state index is 0.652. The number of nitroso groups, excluding NO2 is 1. The molecule has 0 N–H and O–H groups in total. The number of ether oxygens (including phenoxy) is 1. The van der Waals surface area contributed by atoms with Crippen LogP contribution in [0.4, 0.5) is 0 Å². The van der Waals surface area contributed by atoms with E-state index in [1.807, 2.05) is 31.2 Å². The van der Waals surface area contributed by atoms with Gasteiger partial charge in [-0.25, -0.2) is 0 Å². The van der Waals surface area contributed by atoms with E-state index in [1.165, 1.54) is 10.6 Å². The average Bonchev–Trinajstić information content (AvgIpc) is 2.31. The van der Waals surface area contributed by atoms with Crippen molar-refractivity contribution in [3.05, 3.63) is 34.7 Å². The Kier molecular flexibility index (Phi) is 4.60. The third-order valence-electron chi connectivity index (χ3n) is 2.30. The Morgan fingerprint density at radius 3 is 2.47 bits per heavy atom. The van der Waals surface area contributed by atoms with Gasteiger partial charge in [-0.2, -0.15) is 0 Å². The van der Waals surface area contributed by atoms with Gasteiger partial charge in [-0.15, -0.1) is 4.91 Å². The number of hydrogen-bond acceptors (Lipinski definition) is 3. The molecule has 0 unspecified atom stereocenters. The van der Waals surface area contributed by atoms with Crippen LogP contribution < -0.4 is 4.74 Å². The molecule has 4 nitrogen and oxygen atoms in total. The van der Waals surface area contributed by atoms with E-state index >= 15 is 0 Å². The van der Waals surface area contributed by atoms with Crippen molar-refractivity contribution in [3.63, 3.8) is 0 Å². The molecule has 0 aliphatic rings. The number of nitrogens with zero attached hydrogens (tertiary/aromatic N) is 2. The number of rotatable bonds is 6. The highest BCUT2D eigenvalue weighted by atomic mass is 16.5. The van der Waals surface area contributed by atoms with E-state index in [0.717, 1.165) is 12.2 Å². The quantitative estimate of drug-likeness (QED) is 0.532. The molecule has 1 aromatic carbocycles. The summed E-state index contributed by atoms with van der Waals surface area (Å²) in [4.78, 5) is 10.3. The van der Waals surface area contributed by atoms with E-state index in [0.29, 0.717) is 13.1 Å². The molecule has 0 amide bonds. The Bertz CT molecular complexity index is 298. The van der Waals surface area contributed by atoms with Crippen LogP contribution in [0.15, 0.2) is 29.6 Å². The topological polar surface area (TPSA) is 41.9 Å². The first-order valence-corrected chi connectivity index (χ1v) is 5.01. The van der Waals surface area contributed by atoms with E-state index in [4.69, 9.17) is 4.74 Å². The zero-order valence-electron chi connectivity index (χ0n) is 9.14. The summed E-state index contributed by atoms with van der Waals surface area (Å²) < 4.78 is 5.06. The second-order valence-electron chi connectivity index (χ2n) is 3.23. The fourth-order valence-corrected chi connectivity index (χ4v) is 1.31. The summed E-state index contributed by atoms with van der Waals surface area (Å²) in [5, 5.41) is 4.42. The minimum atomic E-state index is 0.652. The van der Waals surface area contributed by atoms with Crippen LogP contribution in [0, 0.1) is 4.91 Å². The van der Waals surface area contributed by atoms with Gasteiger partial charge < -0.3 is 4.74 Å². The highest BCUT2D eigenvalue weighted by Gasteiger charge is 2.00. The minimum Gasteiger partial charge on any atom is -0.497 e. The first kappa shape index (κ1) is 11.5. The average molecular weight is 208 g/mol. The van der Waals surface area contributed by atoms with Crippen LogP contribution in [0.3, 0.4) is 0 Å². The molecule has 0 radical (unpaired) electrons. The number of methoxy groups -OCH3 is 1. The Labute approximate surface area is 89.8 Å². The summed E-state index contributed by atoms with van der Waals surface area (Å²) in [7, 11) is 1.64. The predicted octanol–water partition coefficient (Wildman–Crippen LogP) is 2.24. The van der Waals surface area contributed by atoms with Crippen molar-refractivity contribution in [3.8, 4) is 5.75 Å². The molecule has 1 rings (SSSR count). The Hall–Kier alpha value is -1.58. The lowest BCUT2D eigenvalue weighted by molar-refractivity contribution is 0.303. The van der Waals surface area contributed by atoms with Gasteiger partial charge in [-0.3, -0.25) is 5.01 Å². The van der Waals surface area contributed by atoms with Crippen molar-refractivity contribution in [1.82, 2.24) is 5.01 Å². The molecule has 0 aliphatic heterocycles. The van der Waals surface area contributed by atoms with E-state index in [-0.39, 0.29) is 0 Å². The zero-order valence-corrected chi connectivity index (χ0v) is 9.14. The Balaban J connectivity index is 2.46. The normalized spacial score (nSPS) is 9.73. The molecular weight excluding hydrogens is 192 g/mol. The molecule has 0 saturated carbocycles. The van der Waals surface area contributed by atoms with Crippen molar-refractivity contribution in [2.24, 2.45) is 5.29 Å². The van der Waals surface area contributed by atoms with Crippen LogP contribution in [-0.2, 0) is 6.42 Å². The maximum Gasteiger partial charge on any atom is 0.118 e. The maximum absolute atomic E-state index is 10.3. The van der Waals surface area contributed by atoms with Gasteiger partial charge in [-0.1, -0.05) is 12.1 Å². The molecule has 15 heavy (non-hydrogen) atoms. The van der Waals surface area contributed by atoms with Crippen molar-refractivity contribution in [2.45, 2.75) is 13.3 Å². The SMILES string of the molecule is CCN(CCc1ccc(OC)cc1)N=O. The van der Waals surface area contributed by atoms with Crippen molar-refractivity contribution < 1.29 is 4.74 Å². The van der Waals surface area contributed by atoms with Gasteiger partial charge in [0.25, 0.3) is 0 Å². The summed E-state index contributed by atoms with van der Waals surface area (Å²) >= 11 is 0. The molecule has 0 spiro atoms. The monoisotopic (exact) mass is 208 g/mol. The molecule has 0 aliphatic carbocycles. The maximum atomic E-state index is 10.3. The predicted molar refractivity (Wildman–Crippen MR) is 59.7 cm³/mol. The molecule has 1 aromatic rings. The van der Waals surface area contributed by atoms with Gasteiger partial charge in [0.1, 0.15) is 5.75 Å². The first-order chi connectivity index (χ1) is 7.30. The second-order valence-corrected chi connectivity index (χ2v) is 3.23. The third kappa shape index (κ3) is 3.58. The van der Waals surface area contributed by atoms with Gasteiger partial charge in [0, 0.05) is 13.1 Å². The molecule has 0 fully saturated rings. The molecule has 0 bridgehead atoms. The third-order valence-corrected chi connectivity index (χ3v) is 2.30. The van der Waals surface area contributed by atoms with Crippen LogP contribution in [-0.4, -0.2) is 25.2 Å². The van der Waals surface area contributed by atoms with Crippen LogP contribution in [0.5, 0.6) is 5.75 Å². The smallest absolute Gasteiger partial charge is 0.118 e. The largest absolute Gasteiger partial charge is 0.497 e. The van der Waals surface area contributed by atoms with Gasteiger partial charge in [-0.05, 0) is 31.0 Å². The van der Waals surface area contributed by atoms with Crippen LogP contribution >= 0.6 is 0 Å². The molecule has 82 valence electrons. The van der Waals surface area contributed by atoms with Crippen molar-refractivity contribution in [2.75, 3.05) is 20.2 Å². The van der Waals surface area contributed by atoms with Crippen LogP contribution in [0.25, 0.3) is 0 Å². The van der Waals surface area contributed by atoms with Crippen LogP contribution in [0.2, 0.25) is 0 Å². The lowest BCUT2D eigenvalue weighted by atomic mass is 10.1. The van der Waals surface area contributed by atoms with Gasteiger partial charge >= 0.3 is 0 Å². The molecular formula is C11H16N2O2. The second kappa shape index (κ2) is 6.01. The number of likely N-dealkylation sites (N-methyl/N-ethyl adjacent to an activating group) is 1. The molecule has 0 atom stereocenters. The first-order valence-electron chi connectivity index (χ1n) is 5.01. The highest BCUT2D eigenvalue weighted by molar-refractivity contribution is 5.27. The lowest BCUT2D eigenvalue weighted by Gasteiger charge is -2.12. The fraction of sp³-hybridized carbons (Fsp3) is 0.455. The standard InChI is InChI=1S/C11H16N2O2/c1-3-13(12-14)9-8-10-4-6-11(15-2)7-5-10/h4-7H,3,8-9H2,1-2H3. The molecule has 0 saturated heterocycles. The van der Waals surface area contributed by atoms with E-state index in [1.54, 1.807) is 7.11 Å². The summed E-state index contributed by atoms with van der Waals surface area (Å²) in [6.45, 7) is 3.22.